The third-order valence-electron chi connectivity index (χ3n) is 26.0. The molecule has 0 amide bonds. The zero-order valence-corrected chi connectivity index (χ0v) is 78.8. The summed E-state index contributed by atoms with van der Waals surface area (Å²) >= 11 is 6.92. The number of para-hydroxylation sites is 4. The normalized spacial score (nSPS) is 23.3. The molecule has 0 radical (unpaired) electrons. The van der Waals surface area contributed by atoms with E-state index in [9.17, 15) is 38.4 Å². The highest BCUT2D eigenvalue weighted by molar-refractivity contribution is 8.01. The first-order chi connectivity index (χ1) is 61.1. The lowest BCUT2D eigenvalue weighted by molar-refractivity contribution is -0.121. The average Bonchev–Trinajstić information content (AvgIpc) is 1.58. The van der Waals surface area contributed by atoms with Crippen LogP contribution in [-0.4, -0.2) is 107 Å². The van der Waals surface area contributed by atoms with Crippen molar-refractivity contribution in [2.24, 2.45) is 0 Å². The highest BCUT2D eigenvalue weighted by atomic mass is 32.2. The minimum absolute atomic E-state index is 0.131. The summed E-state index contributed by atoms with van der Waals surface area (Å²) in [6, 6.07) is 74.5. The van der Waals surface area contributed by atoms with Crippen molar-refractivity contribution >= 4 is 138 Å². The smallest absolute Gasteiger partial charge is 0.419 e. The second-order valence-electron chi connectivity index (χ2n) is 40.3. The summed E-state index contributed by atoms with van der Waals surface area (Å²) < 4.78 is 29.7. The van der Waals surface area contributed by atoms with Gasteiger partial charge < -0.3 is 18.9 Å². The molecular weight excluding hydrogens is 1670 g/mol. The average molecular weight is 1790 g/mol. The van der Waals surface area contributed by atoms with Gasteiger partial charge in [-0.1, -0.05) is 194 Å². The van der Waals surface area contributed by atoms with Gasteiger partial charge in [0.1, 0.15) is 45.5 Å². The van der Waals surface area contributed by atoms with Gasteiger partial charge in [-0.3, -0.25) is 19.2 Å². The molecule has 4 aliphatic carbocycles. The van der Waals surface area contributed by atoms with Crippen LogP contribution in [-0.2, 0) is 38.1 Å². The van der Waals surface area contributed by atoms with Crippen LogP contribution < -0.4 is 0 Å². The molecular formula is C108H116N4O12S4. The van der Waals surface area contributed by atoms with Crippen LogP contribution in [0.3, 0.4) is 0 Å². The fourth-order valence-corrected chi connectivity index (χ4v) is 28.1. The number of aromatic nitrogens is 4. The first-order valence-corrected chi connectivity index (χ1v) is 48.8. The van der Waals surface area contributed by atoms with E-state index in [1.807, 2.05) is 180 Å². The van der Waals surface area contributed by atoms with Crippen LogP contribution in [0.25, 0.3) is 43.6 Å². The van der Waals surface area contributed by atoms with Crippen LogP contribution in [0, 0.1) is 0 Å². The Bertz CT molecular complexity index is 5520. The number of hydrogen-bond acceptors (Lipinski definition) is 16. The Hall–Kier alpha value is -10.1. The number of nitrogens with zero attached hydrogens (tertiary/aromatic N) is 4. The molecule has 8 aromatic carbocycles. The maximum Gasteiger partial charge on any atom is 0.419 e. The molecule has 4 aromatic heterocycles. The molecule has 4 spiro atoms. The van der Waals surface area contributed by atoms with E-state index in [2.05, 4.69) is 121 Å². The largest absolute Gasteiger partial charge is 0.443 e. The quantitative estimate of drug-likeness (QED) is 0.151. The van der Waals surface area contributed by atoms with Crippen LogP contribution >= 0.6 is 47.0 Å². The number of benzene rings is 8. The fourth-order valence-electron chi connectivity index (χ4n) is 21.1. The predicted octanol–water partition coefficient (Wildman–Crippen LogP) is 27.7. The van der Waals surface area contributed by atoms with Crippen molar-refractivity contribution < 1.29 is 57.3 Å². The summed E-state index contributed by atoms with van der Waals surface area (Å²) in [6.45, 7) is 22.7. The number of hydrogen-bond donors (Lipinski definition) is 0. The summed E-state index contributed by atoms with van der Waals surface area (Å²) in [4.78, 5) is 104. The van der Waals surface area contributed by atoms with E-state index in [-0.39, 0.29) is 67.0 Å². The molecule has 0 saturated heterocycles. The van der Waals surface area contributed by atoms with Crippen molar-refractivity contribution in [1.29, 1.82) is 0 Å². The lowest BCUT2D eigenvalue weighted by Gasteiger charge is -2.42. The lowest BCUT2D eigenvalue weighted by atomic mass is 9.76. The third-order valence-corrected chi connectivity index (χ3v) is 32.1. The van der Waals surface area contributed by atoms with Gasteiger partial charge in [0.25, 0.3) is 0 Å². The molecule has 0 bridgehead atoms. The van der Waals surface area contributed by atoms with Crippen LogP contribution in [0.4, 0.5) is 19.2 Å². The molecule has 20 rings (SSSR count). The molecule has 8 atom stereocenters. The van der Waals surface area contributed by atoms with Crippen LogP contribution in [0.15, 0.2) is 238 Å². The Balaban J connectivity index is 0.000000120. The van der Waals surface area contributed by atoms with Gasteiger partial charge in [0.05, 0.1) is 42.2 Å². The van der Waals surface area contributed by atoms with E-state index in [1.165, 1.54) is 44.5 Å². The zero-order valence-electron chi connectivity index (χ0n) is 75.6. The van der Waals surface area contributed by atoms with Gasteiger partial charge in [-0.05, 0) is 229 Å². The molecule has 8 heterocycles. The summed E-state index contributed by atoms with van der Waals surface area (Å²) in [5, 5.41) is 8.12. The van der Waals surface area contributed by atoms with Gasteiger partial charge in [-0.15, -0.1) is 47.0 Å². The van der Waals surface area contributed by atoms with E-state index in [1.54, 1.807) is 65.3 Å². The Morgan fingerprint density at radius 3 is 0.633 bits per heavy atom. The van der Waals surface area contributed by atoms with Gasteiger partial charge in [0.2, 0.25) is 0 Å². The molecule has 20 heteroatoms. The topological polar surface area (TPSA) is 193 Å². The molecule has 4 fully saturated rings. The Kier molecular flexibility index (Phi) is 25.0. The minimum Gasteiger partial charge on any atom is -0.443 e. The van der Waals surface area contributed by atoms with Crippen molar-refractivity contribution in [2.45, 2.75) is 297 Å². The van der Waals surface area contributed by atoms with Crippen molar-refractivity contribution in [2.75, 3.05) is 0 Å². The van der Waals surface area contributed by atoms with Crippen molar-refractivity contribution in [3.8, 4) is 0 Å². The van der Waals surface area contributed by atoms with Crippen LogP contribution in [0.5, 0.6) is 0 Å². The summed E-state index contributed by atoms with van der Waals surface area (Å²) in [6.07, 6.45) is 14.7. The molecule has 16 nitrogen and oxygen atoms in total. The zero-order chi connectivity index (χ0) is 90.0. The molecule has 0 N–H and O–H groups in total. The number of fused-ring (bicyclic) bond motifs is 12. The highest BCUT2D eigenvalue weighted by Crippen LogP contribution is 2.63. The van der Waals surface area contributed by atoms with Gasteiger partial charge in [0.15, 0.2) is 0 Å². The number of ether oxygens (including phenoxy) is 4. The van der Waals surface area contributed by atoms with E-state index >= 15 is 0 Å². The van der Waals surface area contributed by atoms with Gasteiger partial charge in [-0.25, -0.2) is 37.4 Å². The SMILES string of the molecule is CC(C)(C)OC(=O)n1c2c(c3ccccc31)[C@@H](c1ccccc1)C[C@@]1(CCCC(=O)C1)S2.CC(C)(C)OC(=O)n1c2c(c3ccccc31)[C@@H](c1ccccc1)C[C@@]1(CCCC(=O)C1)S2.CC(C)(C)OC(=O)n1c2c(c3ccccc31)[C@@H](c1ccccc1)C[C@@]1(CCCC(=O)C1)S2.CC(C)(C)OC(=O)n1c2c(c3ccccc31)[C@@H](c1ccccc1)C[C@@]1(CCCC(=O)C1)S2. The summed E-state index contributed by atoms with van der Waals surface area (Å²) in [5.74, 6) is 1.86. The molecule has 8 aliphatic rings. The second kappa shape index (κ2) is 35.6. The maximum absolute atomic E-state index is 13.4. The van der Waals surface area contributed by atoms with Crippen molar-refractivity contribution in [3.63, 3.8) is 0 Å². The second-order valence-corrected chi connectivity index (χ2v) is 46.1. The third kappa shape index (κ3) is 18.7. The van der Waals surface area contributed by atoms with E-state index in [4.69, 9.17) is 18.9 Å². The molecule has 128 heavy (non-hydrogen) atoms. The van der Waals surface area contributed by atoms with Crippen molar-refractivity contribution in [3.05, 3.63) is 263 Å². The number of Topliss-reactive ketones (excluding diaryl/α,β-unsaturated/α-hetero) is 4. The molecule has 4 aliphatic heterocycles. The Labute approximate surface area is 767 Å². The number of carbonyl (C=O) groups excluding carboxylic acids is 8. The monoisotopic (exact) mass is 1790 g/mol. The standard InChI is InChI=1S/4C27H29NO3S/c4*1-26(2,3)31-25(30)28-22-14-8-7-13-20(22)23-21(18-10-5-4-6-11-18)17-27(32-24(23)28)15-9-12-19(29)16-27/h4*4-8,10-11,13-14,21H,9,12,15-17H2,1-3H3/t4*21-,27+/m1111/s1. The molecule has 0 unspecified atom stereocenters. The Morgan fingerprint density at radius 2 is 0.453 bits per heavy atom. The van der Waals surface area contributed by atoms with Crippen LogP contribution in [0.2, 0.25) is 0 Å². The number of thioether (sulfide) groups is 4. The van der Waals surface area contributed by atoms with Gasteiger partial charge >= 0.3 is 24.4 Å². The summed E-state index contributed by atoms with van der Waals surface area (Å²) in [5.41, 5.74) is 10.8. The number of ketones is 4. The van der Waals surface area contributed by atoms with E-state index in [0.29, 0.717) is 74.5 Å². The molecule has 664 valence electrons. The predicted molar refractivity (Wildman–Crippen MR) is 514 cm³/mol. The first-order valence-electron chi connectivity index (χ1n) is 45.5. The fraction of sp³-hybridized carbons (Fsp3) is 0.407. The van der Waals surface area contributed by atoms with Gasteiger partial charge in [0, 0.05) is 116 Å². The number of rotatable bonds is 4. The van der Waals surface area contributed by atoms with Gasteiger partial charge in [-0.2, -0.15) is 0 Å². The van der Waals surface area contributed by atoms with E-state index < -0.39 is 22.4 Å². The first kappa shape index (κ1) is 89.8. The Morgan fingerprint density at radius 1 is 0.273 bits per heavy atom. The summed E-state index contributed by atoms with van der Waals surface area (Å²) in [7, 11) is 0. The lowest BCUT2D eigenvalue weighted by Crippen LogP contribution is -2.37. The van der Waals surface area contributed by atoms with E-state index in [0.717, 1.165) is 141 Å². The molecule has 12 aromatic rings. The van der Waals surface area contributed by atoms with Crippen LogP contribution in [0.1, 0.15) is 280 Å². The highest BCUT2D eigenvalue weighted by Gasteiger charge is 2.52. The minimum atomic E-state index is -0.591. The molecule has 4 saturated carbocycles. The van der Waals surface area contributed by atoms with Crippen molar-refractivity contribution in [1.82, 2.24) is 18.3 Å². The maximum atomic E-state index is 13.4. The number of carbonyl (C=O) groups is 8.